The third kappa shape index (κ3) is 4.49. The van der Waals surface area contributed by atoms with Gasteiger partial charge in [0.05, 0.1) is 6.54 Å². The van der Waals surface area contributed by atoms with Crippen LogP contribution < -0.4 is 10.1 Å². The van der Waals surface area contributed by atoms with Crippen LogP contribution in [0.5, 0.6) is 5.75 Å². The zero-order valence-electron chi connectivity index (χ0n) is 15.9. The summed E-state index contributed by atoms with van der Waals surface area (Å²) in [6.07, 6.45) is 3.76. The molecule has 1 N–H and O–H groups in total. The molecule has 1 saturated heterocycles. The summed E-state index contributed by atoms with van der Waals surface area (Å²) in [4.78, 5) is 30.5. The Morgan fingerprint density at radius 1 is 1.25 bits per heavy atom. The molecule has 2 heterocycles. The van der Waals surface area contributed by atoms with E-state index in [2.05, 4.69) is 15.5 Å². The molecule has 2 fully saturated rings. The predicted octanol–water partition coefficient (Wildman–Crippen LogP) is 2.09. The average Bonchev–Trinajstić information content (AvgIpc) is 3.48. The highest BCUT2D eigenvalue weighted by molar-refractivity contribution is 5.94. The number of nitrogens with zero attached hydrogens (tertiary/aromatic N) is 3. The number of hydrogen-bond acceptors (Lipinski definition) is 6. The van der Waals surface area contributed by atoms with Crippen molar-refractivity contribution in [2.75, 3.05) is 13.1 Å². The number of aromatic nitrogens is 2. The van der Waals surface area contributed by atoms with E-state index in [1.165, 1.54) is 0 Å². The number of benzene rings is 1. The highest BCUT2D eigenvalue weighted by Gasteiger charge is 2.35. The summed E-state index contributed by atoms with van der Waals surface area (Å²) >= 11 is 0. The number of piperidine rings is 1. The van der Waals surface area contributed by atoms with Crippen molar-refractivity contribution < 1.29 is 18.8 Å². The maximum absolute atomic E-state index is 12.4. The average molecular weight is 384 g/mol. The third-order valence-electron chi connectivity index (χ3n) is 5.06. The zero-order valence-corrected chi connectivity index (χ0v) is 15.9. The quantitative estimate of drug-likeness (QED) is 0.819. The molecule has 0 bridgehead atoms. The van der Waals surface area contributed by atoms with Gasteiger partial charge in [-0.1, -0.05) is 11.2 Å². The summed E-state index contributed by atoms with van der Waals surface area (Å²) in [6, 6.07) is 7.12. The van der Waals surface area contributed by atoms with Crippen molar-refractivity contribution in [2.24, 2.45) is 5.92 Å². The molecular weight excluding hydrogens is 360 g/mol. The summed E-state index contributed by atoms with van der Waals surface area (Å²) in [5.74, 6) is 1.90. The molecule has 2 amide bonds. The largest absolute Gasteiger partial charge is 0.490 e. The molecular formula is C20H24N4O4. The van der Waals surface area contributed by atoms with Crippen LogP contribution in [0.25, 0.3) is 0 Å². The van der Waals surface area contributed by atoms with Gasteiger partial charge in [0.2, 0.25) is 11.8 Å². The van der Waals surface area contributed by atoms with Crippen molar-refractivity contribution in [3.05, 3.63) is 41.5 Å². The van der Waals surface area contributed by atoms with Gasteiger partial charge < -0.3 is 19.5 Å². The second-order valence-corrected chi connectivity index (χ2v) is 7.36. The molecule has 0 atom stereocenters. The van der Waals surface area contributed by atoms with Crippen LogP contribution in [0.3, 0.4) is 0 Å². The van der Waals surface area contributed by atoms with Crippen LogP contribution >= 0.6 is 0 Å². The summed E-state index contributed by atoms with van der Waals surface area (Å²) in [5, 5.41) is 6.53. The van der Waals surface area contributed by atoms with Gasteiger partial charge in [-0.3, -0.25) is 9.59 Å². The fourth-order valence-corrected chi connectivity index (χ4v) is 3.36. The molecule has 8 heteroatoms. The summed E-state index contributed by atoms with van der Waals surface area (Å²) in [5.41, 5.74) is 0.513. The van der Waals surface area contributed by atoms with E-state index >= 15 is 0 Å². The zero-order chi connectivity index (χ0) is 19.5. The number of carbonyl (C=O) groups is 2. The molecule has 8 nitrogen and oxygen atoms in total. The third-order valence-corrected chi connectivity index (χ3v) is 5.06. The molecule has 148 valence electrons. The lowest BCUT2D eigenvalue weighted by Gasteiger charge is -2.32. The molecule has 1 aliphatic heterocycles. The number of likely N-dealkylation sites (tertiary alicyclic amines) is 1. The maximum atomic E-state index is 12.4. The van der Waals surface area contributed by atoms with E-state index in [4.69, 9.17) is 9.26 Å². The first-order chi connectivity index (χ1) is 13.6. The van der Waals surface area contributed by atoms with Crippen LogP contribution in [0.4, 0.5) is 0 Å². The van der Waals surface area contributed by atoms with E-state index in [-0.39, 0.29) is 24.5 Å². The number of aryl methyl sites for hydroxylation is 1. The minimum Gasteiger partial charge on any atom is -0.490 e. The van der Waals surface area contributed by atoms with Gasteiger partial charge in [0.25, 0.3) is 5.91 Å². The van der Waals surface area contributed by atoms with E-state index in [9.17, 15) is 9.59 Å². The highest BCUT2D eigenvalue weighted by atomic mass is 16.5. The minimum atomic E-state index is -0.224. The normalized spacial score (nSPS) is 17.4. The first-order valence-corrected chi connectivity index (χ1v) is 9.71. The molecule has 1 aromatic heterocycles. The summed E-state index contributed by atoms with van der Waals surface area (Å²) in [7, 11) is 0. The predicted molar refractivity (Wildman–Crippen MR) is 99.6 cm³/mol. The molecule has 1 aromatic carbocycles. The van der Waals surface area contributed by atoms with E-state index in [1.54, 1.807) is 25.1 Å². The monoisotopic (exact) mass is 384 g/mol. The molecule has 28 heavy (non-hydrogen) atoms. The van der Waals surface area contributed by atoms with Crippen LogP contribution in [0.2, 0.25) is 0 Å². The van der Waals surface area contributed by atoms with E-state index < -0.39 is 0 Å². The first kappa shape index (κ1) is 18.5. The number of carbonyl (C=O) groups excluding carboxylic acids is 2. The van der Waals surface area contributed by atoms with Crippen LogP contribution in [0, 0.1) is 12.8 Å². The van der Waals surface area contributed by atoms with Crippen molar-refractivity contribution in [3.8, 4) is 5.75 Å². The van der Waals surface area contributed by atoms with Gasteiger partial charge in [-0.05, 0) is 31.0 Å². The molecule has 0 unspecified atom stereocenters. The van der Waals surface area contributed by atoms with Crippen LogP contribution in [-0.2, 0) is 11.3 Å². The molecule has 0 spiro atoms. The van der Waals surface area contributed by atoms with Crippen molar-refractivity contribution in [3.63, 3.8) is 0 Å². The van der Waals surface area contributed by atoms with E-state index in [0.717, 1.165) is 38.8 Å². The van der Waals surface area contributed by atoms with Crippen molar-refractivity contribution >= 4 is 11.8 Å². The van der Waals surface area contributed by atoms with Gasteiger partial charge in [0.15, 0.2) is 5.82 Å². The second-order valence-electron chi connectivity index (χ2n) is 7.36. The lowest BCUT2D eigenvalue weighted by atomic mass is 10.1. The smallest absolute Gasteiger partial charge is 0.251 e. The molecule has 2 aliphatic rings. The Kier molecular flexibility index (Phi) is 5.27. The van der Waals surface area contributed by atoms with Crippen LogP contribution in [-0.4, -0.2) is 46.0 Å². The Morgan fingerprint density at radius 2 is 2.04 bits per heavy atom. The fraction of sp³-hybridized carbons (Fsp3) is 0.500. The van der Waals surface area contributed by atoms with E-state index in [0.29, 0.717) is 28.9 Å². The van der Waals surface area contributed by atoms with Gasteiger partial charge in [-0.15, -0.1) is 0 Å². The maximum Gasteiger partial charge on any atom is 0.251 e. The second kappa shape index (κ2) is 8.00. The first-order valence-electron chi connectivity index (χ1n) is 9.71. The standard InChI is InChI=1S/C20H24N4O4/c1-13-22-18(23-28-13)12-21-19(25)15-3-2-4-17(11-15)27-16-7-9-24(10-8-16)20(26)14-5-6-14/h2-4,11,14,16H,5-10,12H2,1H3,(H,21,25). The Morgan fingerprint density at radius 3 is 2.71 bits per heavy atom. The fourth-order valence-electron chi connectivity index (χ4n) is 3.36. The number of ether oxygens (including phenoxy) is 1. The Labute approximate surface area is 163 Å². The summed E-state index contributed by atoms with van der Waals surface area (Å²) in [6.45, 7) is 3.38. The number of nitrogens with one attached hydrogen (secondary N) is 1. The number of amides is 2. The van der Waals surface area contributed by atoms with E-state index in [1.807, 2.05) is 11.0 Å². The lowest BCUT2D eigenvalue weighted by Crippen LogP contribution is -2.42. The molecule has 4 rings (SSSR count). The molecule has 2 aromatic rings. The van der Waals surface area contributed by atoms with Crippen LogP contribution in [0.1, 0.15) is 47.8 Å². The Bertz CT molecular complexity index is 853. The lowest BCUT2D eigenvalue weighted by molar-refractivity contribution is -0.134. The SMILES string of the molecule is Cc1nc(CNC(=O)c2cccc(OC3CCN(C(=O)C4CC4)CC3)c2)no1. The highest BCUT2D eigenvalue weighted by Crippen LogP contribution is 2.32. The molecule has 1 saturated carbocycles. The molecule has 0 radical (unpaired) electrons. The number of rotatable bonds is 6. The molecule has 1 aliphatic carbocycles. The minimum absolute atomic E-state index is 0.0591. The van der Waals surface area contributed by atoms with Gasteiger partial charge in [-0.25, -0.2) is 0 Å². The van der Waals surface area contributed by atoms with Crippen molar-refractivity contribution in [2.45, 2.75) is 45.3 Å². The Hall–Kier alpha value is -2.90. The van der Waals surface area contributed by atoms with Gasteiger partial charge in [0, 0.05) is 44.3 Å². The topological polar surface area (TPSA) is 97.6 Å². The van der Waals surface area contributed by atoms with Crippen molar-refractivity contribution in [1.29, 1.82) is 0 Å². The van der Waals surface area contributed by atoms with Gasteiger partial charge in [0.1, 0.15) is 11.9 Å². The van der Waals surface area contributed by atoms with Crippen molar-refractivity contribution in [1.82, 2.24) is 20.4 Å². The van der Waals surface area contributed by atoms with Gasteiger partial charge >= 0.3 is 0 Å². The summed E-state index contributed by atoms with van der Waals surface area (Å²) < 4.78 is 10.9. The van der Waals surface area contributed by atoms with Gasteiger partial charge in [-0.2, -0.15) is 4.98 Å². The Balaban J connectivity index is 1.28. The van der Waals surface area contributed by atoms with Crippen LogP contribution in [0.15, 0.2) is 28.8 Å². The number of hydrogen-bond donors (Lipinski definition) is 1.